The van der Waals surface area contributed by atoms with Crippen LogP contribution in [0.15, 0.2) is 30.3 Å². The molecule has 1 aromatic carbocycles. The van der Waals surface area contributed by atoms with E-state index in [1.807, 2.05) is 13.0 Å². The molecule has 2 aliphatic rings. The van der Waals surface area contributed by atoms with Crippen molar-refractivity contribution in [3.63, 3.8) is 0 Å². The first-order valence-corrected chi connectivity index (χ1v) is 9.30. The molecule has 26 heavy (non-hydrogen) atoms. The van der Waals surface area contributed by atoms with Crippen molar-refractivity contribution in [1.82, 2.24) is 9.97 Å². The van der Waals surface area contributed by atoms with Crippen molar-refractivity contribution >= 4 is 17.5 Å². The highest BCUT2D eigenvalue weighted by Gasteiger charge is 2.42. The first-order valence-electron chi connectivity index (χ1n) is 9.30. The van der Waals surface area contributed by atoms with E-state index in [1.165, 1.54) is 0 Å². The number of aromatic nitrogens is 2. The predicted octanol–water partition coefficient (Wildman–Crippen LogP) is 3.22. The Balaban J connectivity index is 1.50. The highest BCUT2D eigenvalue weighted by Crippen LogP contribution is 2.46. The lowest BCUT2D eigenvalue weighted by Crippen LogP contribution is -2.31. The zero-order valence-corrected chi connectivity index (χ0v) is 15.3. The Bertz CT molecular complexity index is 766. The number of anilines is 3. The van der Waals surface area contributed by atoms with E-state index < -0.39 is 0 Å². The van der Waals surface area contributed by atoms with Gasteiger partial charge in [-0.3, -0.25) is 0 Å². The number of benzene rings is 1. The molecule has 2 aromatic rings. The number of hydrogen-bond acceptors (Lipinski definition) is 6. The molecular formula is C20H26N4O2. The van der Waals surface area contributed by atoms with Crippen LogP contribution in [0.5, 0.6) is 5.75 Å². The maximum atomic E-state index is 9.85. The fraction of sp³-hybridized carbons (Fsp3) is 0.500. The fourth-order valence-corrected chi connectivity index (χ4v) is 4.52. The predicted molar refractivity (Wildman–Crippen MR) is 102 cm³/mol. The molecule has 2 aliphatic carbocycles. The summed E-state index contributed by atoms with van der Waals surface area (Å²) in [5.41, 5.74) is 1.75. The summed E-state index contributed by atoms with van der Waals surface area (Å²) in [6.07, 6.45) is 4.06. The highest BCUT2D eigenvalue weighted by atomic mass is 16.3. The van der Waals surface area contributed by atoms with Gasteiger partial charge < -0.3 is 20.4 Å². The van der Waals surface area contributed by atoms with Gasteiger partial charge in [0.15, 0.2) is 0 Å². The smallest absolute Gasteiger partial charge is 0.229 e. The summed E-state index contributed by atoms with van der Waals surface area (Å²) in [5, 5.41) is 22.5. The van der Waals surface area contributed by atoms with Crippen molar-refractivity contribution in [1.29, 1.82) is 0 Å². The maximum Gasteiger partial charge on any atom is 0.229 e. The summed E-state index contributed by atoms with van der Waals surface area (Å²) in [5.74, 6) is 3.01. The SMILES string of the molecule is Cc1cc(N(C)C2C[C@H]3CC(O)C[C@H]3C2)nc(Nc2ccc(O)cc2)n1. The highest BCUT2D eigenvalue weighted by molar-refractivity contribution is 5.56. The number of phenols is 1. The summed E-state index contributed by atoms with van der Waals surface area (Å²) in [6, 6.07) is 9.36. The zero-order chi connectivity index (χ0) is 18.3. The van der Waals surface area contributed by atoms with Crippen molar-refractivity contribution in [2.45, 2.75) is 44.8 Å². The summed E-state index contributed by atoms with van der Waals surface area (Å²) in [7, 11) is 2.11. The van der Waals surface area contributed by atoms with E-state index in [1.54, 1.807) is 24.3 Å². The molecule has 2 unspecified atom stereocenters. The van der Waals surface area contributed by atoms with Crippen LogP contribution in [-0.4, -0.2) is 39.4 Å². The lowest BCUT2D eigenvalue weighted by Gasteiger charge is -2.27. The number of rotatable bonds is 4. The second kappa shape index (κ2) is 6.76. The first kappa shape index (κ1) is 17.1. The van der Waals surface area contributed by atoms with Crippen LogP contribution in [0.4, 0.5) is 17.5 Å². The van der Waals surface area contributed by atoms with Gasteiger partial charge in [-0.1, -0.05) is 0 Å². The Kier molecular flexibility index (Phi) is 4.44. The van der Waals surface area contributed by atoms with Crippen molar-refractivity contribution in [2.75, 3.05) is 17.3 Å². The van der Waals surface area contributed by atoms with Gasteiger partial charge >= 0.3 is 0 Å². The third kappa shape index (κ3) is 3.46. The Morgan fingerprint density at radius 2 is 1.69 bits per heavy atom. The van der Waals surface area contributed by atoms with Crippen LogP contribution in [0.3, 0.4) is 0 Å². The second-order valence-electron chi connectivity index (χ2n) is 7.74. The van der Waals surface area contributed by atoms with Crippen LogP contribution in [0, 0.1) is 18.8 Å². The molecule has 0 saturated heterocycles. The molecule has 138 valence electrons. The van der Waals surface area contributed by atoms with E-state index in [9.17, 15) is 10.2 Å². The molecule has 1 aromatic heterocycles. The number of aliphatic hydroxyl groups is 1. The summed E-state index contributed by atoms with van der Waals surface area (Å²) in [6.45, 7) is 1.97. The Morgan fingerprint density at radius 1 is 1.04 bits per heavy atom. The van der Waals surface area contributed by atoms with Gasteiger partial charge in [-0.05, 0) is 68.7 Å². The standard InChI is InChI=1S/C20H26N4O2/c1-12-7-19(23-20(21-12)22-15-3-5-17(25)6-4-15)24(2)16-8-13-10-18(26)11-14(13)9-16/h3-7,13-14,16,18,25-26H,8-11H2,1-2H3,(H,21,22,23)/t13-,14+,16?,18?. The normalized spacial score (nSPS) is 27.3. The number of aryl methyl sites for hydroxylation is 1. The van der Waals surface area contributed by atoms with E-state index in [2.05, 4.69) is 22.2 Å². The zero-order valence-electron chi connectivity index (χ0n) is 15.3. The van der Waals surface area contributed by atoms with Crippen molar-refractivity contribution < 1.29 is 10.2 Å². The number of fused-ring (bicyclic) bond motifs is 1. The molecule has 1 heterocycles. The fourth-order valence-electron chi connectivity index (χ4n) is 4.52. The molecule has 0 amide bonds. The summed E-state index contributed by atoms with van der Waals surface area (Å²) >= 11 is 0. The molecule has 2 saturated carbocycles. The van der Waals surface area contributed by atoms with Crippen LogP contribution < -0.4 is 10.2 Å². The molecule has 2 fully saturated rings. The molecule has 4 atom stereocenters. The number of nitrogens with one attached hydrogen (secondary N) is 1. The maximum absolute atomic E-state index is 9.85. The Hall–Kier alpha value is -2.34. The third-order valence-electron chi connectivity index (χ3n) is 5.84. The monoisotopic (exact) mass is 354 g/mol. The second-order valence-corrected chi connectivity index (χ2v) is 7.74. The number of hydrogen-bond donors (Lipinski definition) is 3. The van der Waals surface area contributed by atoms with Crippen LogP contribution in [0.25, 0.3) is 0 Å². The topological polar surface area (TPSA) is 81.5 Å². The molecule has 0 spiro atoms. The molecule has 6 nitrogen and oxygen atoms in total. The molecule has 4 rings (SSSR count). The van der Waals surface area contributed by atoms with E-state index in [0.717, 1.165) is 42.9 Å². The molecule has 0 aliphatic heterocycles. The lowest BCUT2D eigenvalue weighted by atomic mass is 10.0. The average Bonchev–Trinajstić information content (AvgIpc) is 3.13. The number of nitrogens with zero attached hydrogens (tertiary/aromatic N) is 3. The Labute approximate surface area is 153 Å². The molecule has 0 radical (unpaired) electrons. The van der Waals surface area contributed by atoms with E-state index >= 15 is 0 Å². The van der Waals surface area contributed by atoms with Crippen LogP contribution >= 0.6 is 0 Å². The van der Waals surface area contributed by atoms with Gasteiger partial charge in [0.1, 0.15) is 11.6 Å². The summed E-state index contributed by atoms with van der Waals surface area (Å²) in [4.78, 5) is 11.4. The van der Waals surface area contributed by atoms with Crippen LogP contribution in [0.2, 0.25) is 0 Å². The minimum atomic E-state index is -0.0985. The molecule has 0 bridgehead atoms. The molecular weight excluding hydrogens is 328 g/mol. The van der Waals surface area contributed by atoms with Crippen LogP contribution in [-0.2, 0) is 0 Å². The molecule has 6 heteroatoms. The van der Waals surface area contributed by atoms with Gasteiger partial charge in [0.25, 0.3) is 0 Å². The number of aromatic hydroxyl groups is 1. The van der Waals surface area contributed by atoms with Crippen molar-refractivity contribution in [2.24, 2.45) is 11.8 Å². The minimum absolute atomic E-state index is 0.0985. The minimum Gasteiger partial charge on any atom is -0.508 e. The third-order valence-corrected chi connectivity index (χ3v) is 5.84. The average molecular weight is 354 g/mol. The number of aliphatic hydroxyl groups excluding tert-OH is 1. The van der Waals surface area contributed by atoms with Crippen molar-refractivity contribution in [3.8, 4) is 5.75 Å². The van der Waals surface area contributed by atoms with Gasteiger partial charge in [0, 0.05) is 30.5 Å². The first-order chi connectivity index (χ1) is 12.5. The van der Waals surface area contributed by atoms with E-state index in [4.69, 9.17) is 4.98 Å². The summed E-state index contributed by atoms with van der Waals surface area (Å²) < 4.78 is 0. The van der Waals surface area contributed by atoms with Crippen LogP contribution in [0.1, 0.15) is 31.4 Å². The van der Waals surface area contributed by atoms with E-state index in [0.29, 0.717) is 23.8 Å². The van der Waals surface area contributed by atoms with Gasteiger partial charge in [-0.15, -0.1) is 0 Å². The van der Waals surface area contributed by atoms with Gasteiger partial charge in [0.05, 0.1) is 6.10 Å². The molecule has 3 N–H and O–H groups in total. The number of phenolic OH excluding ortho intramolecular Hbond substituents is 1. The quantitative estimate of drug-likeness (QED) is 0.732. The van der Waals surface area contributed by atoms with Gasteiger partial charge in [-0.25, -0.2) is 4.98 Å². The van der Waals surface area contributed by atoms with Gasteiger partial charge in [0.2, 0.25) is 5.95 Å². The van der Waals surface area contributed by atoms with Gasteiger partial charge in [-0.2, -0.15) is 4.98 Å². The largest absolute Gasteiger partial charge is 0.508 e. The Morgan fingerprint density at radius 3 is 2.35 bits per heavy atom. The van der Waals surface area contributed by atoms with Crippen molar-refractivity contribution in [3.05, 3.63) is 36.0 Å². The lowest BCUT2D eigenvalue weighted by molar-refractivity contribution is 0.171. The van der Waals surface area contributed by atoms with E-state index in [-0.39, 0.29) is 11.9 Å².